The van der Waals surface area contributed by atoms with E-state index in [4.69, 9.17) is 33.8 Å². The van der Waals surface area contributed by atoms with Gasteiger partial charge in [0, 0.05) is 15.6 Å². The van der Waals surface area contributed by atoms with E-state index in [1.807, 2.05) is 0 Å². The predicted octanol–water partition coefficient (Wildman–Crippen LogP) is 2.40. The molecule has 1 aromatic rings. The molecule has 1 rings (SSSR count). The van der Waals surface area contributed by atoms with Gasteiger partial charge in [-0.2, -0.15) is 5.06 Å². The van der Waals surface area contributed by atoms with E-state index in [1.54, 1.807) is 18.2 Å². The summed E-state index contributed by atoms with van der Waals surface area (Å²) in [6.07, 6.45) is 0.993. The number of nitrogens with two attached hydrogens (primary N) is 1. The number of amides is 2. The average molecular weight is 292 g/mol. The molecule has 8 heteroatoms. The molecule has 2 N–H and O–H groups in total. The maximum Gasteiger partial charge on any atom is 0.344 e. The van der Waals surface area contributed by atoms with Crippen molar-refractivity contribution < 1.29 is 14.5 Å². The number of carbonyl (C=O) groups is 1. The fourth-order valence-corrected chi connectivity index (χ4v) is 1.55. The quantitative estimate of drug-likeness (QED) is 0.514. The van der Waals surface area contributed by atoms with Crippen molar-refractivity contribution >= 4 is 35.6 Å². The zero-order chi connectivity index (χ0) is 13.5. The van der Waals surface area contributed by atoms with Crippen molar-refractivity contribution in [2.75, 3.05) is 7.11 Å². The Bertz CT molecular complexity index is 434. The van der Waals surface area contributed by atoms with Crippen LogP contribution in [0, 0.1) is 0 Å². The SMILES string of the molecule is CO/N=C/N(OCc1c(Cl)cccc1Cl)C(N)=O. The van der Waals surface area contributed by atoms with Crippen molar-refractivity contribution in [3.8, 4) is 0 Å². The molecule has 0 aliphatic rings. The summed E-state index contributed by atoms with van der Waals surface area (Å²) in [5.74, 6) is 0. The van der Waals surface area contributed by atoms with Crippen molar-refractivity contribution in [2.45, 2.75) is 6.61 Å². The molecular weight excluding hydrogens is 281 g/mol. The lowest BCUT2D eigenvalue weighted by Crippen LogP contribution is -2.34. The lowest BCUT2D eigenvalue weighted by Gasteiger charge is -2.15. The fraction of sp³-hybridized carbons (Fsp3) is 0.200. The normalized spacial score (nSPS) is 10.6. The largest absolute Gasteiger partial charge is 0.398 e. The highest BCUT2D eigenvalue weighted by atomic mass is 35.5. The first-order valence-corrected chi connectivity index (χ1v) is 5.53. The van der Waals surface area contributed by atoms with E-state index in [0.29, 0.717) is 20.7 Å². The summed E-state index contributed by atoms with van der Waals surface area (Å²) in [6.45, 7) is -0.0306. The van der Waals surface area contributed by atoms with Gasteiger partial charge in [-0.25, -0.2) is 4.79 Å². The highest BCUT2D eigenvalue weighted by Crippen LogP contribution is 2.24. The van der Waals surface area contributed by atoms with Gasteiger partial charge in [0.05, 0.1) is 0 Å². The van der Waals surface area contributed by atoms with E-state index in [1.165, 1.54) is 7.11 Å². The van der Waals surface area contributed by atoms with Crippen LogP contribution in [-0.2, 0) is 16.3 Å². The number of benzene rings is 1. The van der Waals surface area contributed by atoms with Gasteiger partial charge in [-0.3, -0.25) is 4.84 Å². The van der Waals surface area contributed by atoms with Gasteiger partial charge in [0.25, 0.3) is 0 Å². The number of primary amides is 1. The van der Waals surface area contributed by atoms with Gasteiger partial charge in [-0.1, -0.05) is 34.4 Å². The van der Waals surface area contributed by atoms with Gasteiger partial charge < -0.3 is 10.6 Å². The van der Waals surface area contributed by atoms with Gasteiger partial charge in [-0.15, -0.1) is 0 Å². The third-order valence-corrected chi connectivity index (χ3v) is 2.59. The van der Waals surface area contributed by atoms with E-state index >= 15 is 0 Å². The van der Waals surface area contributed by atoms with Gasteiger partial charge in [0.1, 0.15) is 13.7 Å². The number of urea groups is 1. The van der Waals surface area contributed by atoms with Crippen LogP contribution in [0.5, 0.6) is 0 Å². The lowest BCUT2D eigenvalue weighted by atomic mass is 10.2. The standard InChI is InChI=1S/C10H11Cl2N3O3/c1-17-14-6-15(10(13)16)18-5-7-8(11)3-2-4-9(7)12/h2-4,6H,5H2,1H3,(H2,13,16)/b14-6+. The second kappa shape index (κ2) is 7.05. The predicted molar refractivity (Wildman–Crippen MR) is 68.2 cm³/mol. The molecule has 2 amide bonds. The molecule has 18 heavy (non-hydrogen) atoms. The minimum atomic E-state index is -0.848. The van der Waals surface area contributed by atoms with Crippen molar-refractivity contribution in [3.63, 3.8) is 0 Å². The Morgan fingerprint density at radius 3 is 2.61 bits per heavy atom. The summed E-state index contributed by atoms with van der Waals surface area (Å²) in [6, 6.07) is 4.17. The Morgan fingerprint density at radius 1 is 1.50 bits per heavy atom. The molecule has 0 aliphatic heterocycles. The third-order valence-electron chi connectivity index (χ3n) is 1.88. The van der Waals surface area contributed by atoms with E-state index in [-0.39, 0.29) is 6.61 Å². The molecule has 0 radical (unpaired) electrons. The number of hydrogen-bond donors (Lipinski definition) is 1. The Labute approximate surface area is 114 Å². The molecule has 0 atom stereocenters. The number of oxime groups is 1. The monoisotopic (exact) mass is 291 g/mol. The lowest BCUT2D eigenvalue weighted by molar-refractivity contribution is -0.0683. The maximum atomic E-state index is 11.0. The molecule has 98 valence electrons. The first-order valence-electron chi connectivity index (χ1n) is 4.77. The van der Waals surface area contributed by atoms with Crippen molar-refractivity contribution in [2.24, 2.45) is 10.9 Å². The summed E-state index contributed by atoms with van der Waals surface area (Å²) in [4.78, 5) is 20.5. The molecule has 0 aliphatic carbocycles. The first-order chi connectivity index (χ1) is 8.56. The van der Waals surface area contributed by atoms with Crippen molar-refractivity contribution in [3.05, 3.63) is 33.8 Å². The number of hydrogen-bond acceptors (Lipinski definition) is 4. The van der Waals surface area contributed by atoms with Crippen molar-refractivity contribution in [1.82, 2.24) is 5.06 Å². The molecular formula is C10H11Cl2N3O3. The summed E-state index contributed by atoms with van der Waals surface area (Å²) in [5, 5.41) is 4.92. The van der Waals surface area contributed by atoms with Gasteiger partial charge in [0.15, 0.2) is 6.34 Å². The molecule has 1 aromatic carbocycles. The Morgan fingerprint density at radius 2 is 2.11 bits per heavy atom. The smallest absolute Gasteiger partial charge is 0.344 e. The van der Waals surface area contributed by atoms with Crippen molar-refractivity contribution in [1.29, 1.82) is 0 Å². The Hall–Kier alpha value is -1.50. The van der Waals surface area contributed by atoms with Crippen LogP contribution < -0.4 is 5.73 Å². The van der Waals surface area contributed by atoms with Crippen LogP contribution in [0.25, 0.3) is 0 Å². The first kappa shape index (κ1) is 14.6. The molecule has 0 saturated carbocycles. The van der Waals surface area contributed by atoms with Crippen LogP contribution >= 0.6 is 23.2 Å². The molecule has 0 saturated heterocycles. The fourth-order valence-electron chi connectivity index (χ4n) is 1.05. The van der Waals surface area contributed by atoms with Gasteiger partial charge >= 0.3 is 6.03 Å². The van der Waals surface area contributed by atoms with E-state index in [9.17, 15) is 4.79 Å². The second-order valence-electron chi connectivity index (χ2n) is 3.04. The second-order valence-corrected chi connectivity index (χ2v) is 3.86. The van der Waals surface area contributed by atoms with E-state index < -0.39 is 6.03 Å². The number of carbonyl (C=O) groups excluding carboxylic acids is 1. The minimum Gasteiger partial charge on any atom is -0.398 e. The zero-order valence-corrected chi connectivity index (χ0v) is 11.0. The van der Waals surface area contributed by atoms with E-state index in [0.717, 1.165) is 6.34 Å². The highest BCUT2D eigenvalue weighted by Gasteiger charge is 2.11. The van der Waals surface area contributed by atoms with E-state index in [2.05, 4.69) is 9.99 Å². The molecule has 0 aromatic heterocycles. The Kier molecular flexibility index (Phi) is 5.70. The van der Waals surface area contributed by atoms with Crippen LogP contribution in [0.1, 0.15) is 5.56 Å². The highest BCUT2D eigenvalue weighted by molar-refractivity contribution is 6.35. The molecule has 0 unspecified atom stereocenters. The third kappa shape index (κ3) is 4.06. The molecule has 0 heterocycles. The maximum absolute atomic E-state index is 11.0. The summed E-state index contributed by atoms with van der Waals surface area (Å²) < 4.78 is 0. The number of halogens is 2. The Balaban J connectivity index is 2.73. The summed E-state index contributed by atoms with van der Waals surface area (Å²) >= 11 is 11.9. The molecule has 6 nitrogen and oxygen atoms in total. The molecule has 0 fully saturated rings. The van der Waals surface area contributed by atoms with Crippen LogP contribution in [0.3, 0.4) is 0 Å². The number of nitrogens with zero attached hydrogens (tertiary/aromatic N) is 2. The summed E-state index contributed by atoms with van der Waals surface area (Å²) in [5.41, 5.74) is 5.61. The average Bonchev–Trinajstić information content (AvgIpc) is 2.31. The van der Waals surface area contributed by atoms with Crippen LogP contribution in [-0.4, -0.2) is 24.5 Å². The van der Waals surface area contributed by atoms with Gasteiger partial charge in [-0.05, 0) is 12.1 Å². The molecule has 0 bridgehead atoms. The minimum absolute atomic E-state index is 0.0306. The van der Waals surface area contributed by atoms with Crippen LogP contribution in [0.15, 0.2) is 23.4 Å². The number of hydroxylamine groups is 2. The van der Waals surface area contributed by atoms with Crippen LogP contribution in [0.2, 0.25) is 10.0 Å². The van der Waals surface area contributed by atoms with Gasteiger partial charge in [0.2, 0.25) is 0 Å². The number of rotatable bonds is 5. The van der Waals surface area contributed by atoms with Crippen LogP contribution in [0.4, 0.5) is 4.79 Å². The molecule has 0 spiro atoms. The zero-order valence-electron chi connectivity index (χ0n) is 9.47. The topological polar surface area (TPSA) is 77.2 Å². The summed E-state index contributed by atoms with van der Waals surface area (Å²) in [7, 11) is 1.32.